The highest BCUT2D eigenvalue weighted by atomic mass is 19.3. The number of anilines is 1. The van der Waals surface area contributed by atoms with E-state index in [-0.39, 0.29) is 17.2 Å². The van der Waals surface area contributed by atoms with E-state index in [9.17, 15) is 18.4 Å². The lowest BCUT2D eigenvalue weighted by atomic mass is 10.2. The SMILES string of the molecule is COc1ccc(/C=C/C(=O)N[C@@H](C)C(=O)Nc2ccc3c(c2)OC(F)(F)O3)cc1. The molecule has 29 heavy (non-hydrogen) atoms. The number of benzene rings is 2. The number of nitrogens with one attached hydrogen (secondary N) is 2. The summed E-state index contributed by atoms with van der Waals surface area (Å²) in [5, 5.41) is 5.04. The van der Waals surface area contributed by atoms with Gasteiger partial charge in [-0.1, -0.05) is 12.1 Å². The van der Waals surface area contributed by atoms with Crippen LogP contribution in [-0.2, 0) is 9.59 Å². The van der Waals surface area contributed by atoms with Gasteiger partial charge >= 0.3 is 6.29 Å². The predicted octanol–water partition coefficient (Wildman–Crippen LogP) is 3.17. The second-order valence-electron chi connectivity index (χ2n) is 6.16. The standard InChI is InChI=1S/C20H18F2N2O5/c1-12(23-18(25)10-5-13-3-7-15(27-2)8-4-13)19(26)24-14-6-9-16-17(11-14)29-20(21,22)28-16/h3-12H,1-2H3,(H,23,25)(H,24,26)/b10-5+/t12-/m0/s1. The molecule has 0 fully saturated rings. The van der Waals surface area contributed by atoms with E-state index in [0.717, 1.165) is 5.56 Å². The zero-order valence-corrected chi connectivity index (χ0v) is 15.6. The van der Waals surface area contributed by atoms with Crippen molar-refractivity contribution in [2.45, 2.75) is 19.3 Å². The van der Waals surface area contributed by atoms with Crippen LogP contribution < -0.4 is 24.8 Å². The number of carbonyl (C=O) groups excluding carboxylic acids is 2. The largest absolute Gasteiger partial charge is 0.586 e. The van der Waals surface area contributed by atoms with E-state index < -0.39 is 24.2 Å². The van der Waals surface area contributed by atoms with Crippen molar-refractivity contribution in [2.24, 2.45) is 0 Å². The first-order valence-electron chi connectivity index (χ1n) is 8.59. The molecule has 0 spiro atoms. The molecule has 1 heterocycles. The number of methoxy groups -OCH3 is 1. The predicted molar refractivity (Wildman–Crippen MR) is 101 cm³/mol. The summed E-state index contributed by atoms with van der Waals surface area (Å²) in [5.41, 5.74) is 1.01. The van der Waals surface area contributed by atoms with Crippen LogP contribution in [0.2, 0.25) is 0 Å². The normalized spacial score (nSPS) is 15.0. The van der Waals surface area contributed by atoms with Gasteiger partial charge in [0.25, 0.3) is 0 Å². The van der Waals surface area contributed by atoms with Crippen molar-refractivity contribution in [3.05, 3.63) is 54.1 Å². The lowest BCUT2D eigenvalue weighted by Gasteiger charge is -2.13. The Kier molecular flexibility index (Phi) is 5.67. The molecular weight excluding hydrogens is 386 g/mol. The topological polar surface area (TPSA) is 85.9 Å². The molecule has 9 heteroatoms. The van der Waals surface area contributed by atoms with Crippen LogP contribution in [0.25, 0.3) is 6.08 Å². The smallest absolute Gasteiger partial charge is 0.497 e. The van der Waals surface area contributed by atoms with Gasteiger partial charge in [-0.3, -0.25) is 9.59 Å². The Morgan fingerprint density at radius 1 is 1.10 bits per heavy atom. The number of alkyl halides is 2. The molecule has 7 nitrogen and oxygen atoms in total. The van der Waals surface area contributed by atoms with Crippen LogP contribution in [0.3, 0.4) is 0 Å². The highest BCUT2D eigenvalue weighted by molar-refractivity contribution is 6.00. The van der Waals surface area contributed by atoms with Crippen LogP contribution in [0.4, 0.5) is 14.5 Å². The van der Waals surface area contributed by atoms with Crippen LogP contribution in [-0.4, -0.2) is 31.3 Å². The molecule has 0 saturated carbocycles. The van der Waals surface area contributed by atoms with Gasteiger partial charge in [0.05, 0.1) is 7.11 Å². The Bertz CT molecular complexity index is 944. The van der Waals surface area contributed by atoms with Gasteiger partial charge < -0.3 is 24.8 Å². The maximum Gasteiger partial charge on any atom is 0.586 e. The summed E-state index contributed by atoms with van der Waals surface area (Å²) < 4.78 is 39.8. The van der Waals surface area contributed by atoms with E-state index >= 15 is 0 Å². The minimum atomic E-state index is -3.73. The quantitative estimate of drug-likeness (QED) is 0.723. The minimum Gasteiger partial charge on any atom is -0.497 e. The summed E-state index contributed by atoms with van der Waals surface area (Å²) in [4.78, 5) is 24.2. The molecule has 0 radical (unpaired) electrons. The van der Waals surface area contributed by atoms with Crippen molar-refractivity contribution in [2.75, 3.05) is 12.4 Å². The maximum absolute atomic E-state index is 13.0. The Labute approximate surface area is 165 Å². The molecule has 1 aliphatic heterocycles. The molecule has 1 aliphatic rings. The summed E-state index contributed by atoms with van der Waals surface area (Å²) in [5.74, 6) is -0.607. The first-order valence-corrected chi connectivity index (χ1v) is 8.59. The van der Waals surface area contributed by atoms with E-state index in [1.807, 2.05) is 0 Å². The first kappa shape index (κ1) is 20.1. The number of carbonyl (C=O) groups is 2. The summed E-state index contributed by atoms with van der Waals surface area (Å²) in [7, 11) is 1.56. The molecule has 3 rings (SSSR count). The van der Waals surface area contributed by atoms with Gasteiger partial charge in [0.15, 0.2) is 11.5 Å². The van der Waals surface area contributed by atoms with Crippen molar-refractivity contribution in [1.29, 1.82) is 0 Å². The molecule has 0 aromatic heterocycles. The lowest BCUT2D eigenvalue weighted by Crippen LogP contribution is -2.40. The molecule has 0 saturated heterocycles. The van der Waals surface area contributed by atoms with E-state index in [4.69, 9.17) is 4.74 Å². The van der Waals surface area contributed by atoms with Crippen molar-refractivity contribution in [3.63, 3.8) is 0 Å². The van der Waals surface area contributed by atoms with E-state index in [1.165, 1.54) is 31.2 Å². The zero-order chi connectivity index (χ0) is 21.0. The molecule has 0 unspecified atom stereocenters. The number of rotatable bonds is 6. The van der Waals surface area contributed by atoms with Crippen molar-refractivity contribution in [3.8, 4) is 17.2 Å². The lowest BCUT2D eigenvalue weighted by molar-refractivity contribution is -0.286. The maximum atomic E-state index is 13.0. The third kappa shape index (κ3) is 5.22. The highest BCUT2D eigenvalue weighted by Gasteiger charge is 2.43. The van der Waals surface area contributed by atoms with E-state index in [0.29, 0.717) is 5.75 Å². The van der Waals surface area contributed by atoms with Crippen molar-refractivity contribution >= 4 is 23.6 Å². The van der Waals surface area contributed by atoms with Gasteiger partial charge in [-0.15, -0.1) is 8.78 Å². The van der Waals surface area contributed by atoms with Gasteiger partial charge in [-0.25, -0.2) is 0 Å². The second-order valence-corrected chi connectivity index (χ2v) is 6.16. The molecule has 2 amide bonds. The molecule has 0 bridgehead atoms. The average Bonchev–Trinajstić information content (AvgIpc) is 2.99. The fraction of sp³-hybridized carbons (Fsp3) is 0.200. The molecule has 2 aromatic rings. The van der Waals surface area contributed by atoms with Gasteiger partial charge in [-0.05, 0) is 42.8 Å². The molecule has 152 valence electrons. The van der Waals surface area contributed by atoms with Crippen molar-refractivity contribution < 1.29 is 32.6 Å². The Hall–Kier alpha value is -3.62. The first-order chi connectivity index (χ1) is 13.8. The third-order valence-electron chi connectivity index (χ3n) is 3.96. The van der Waals surface area contributed by atoms with Crippen molar-refractivity contribution in [1.82, 2.24) is 5.32 Å². The van der Waals surface area contributed by atoms with Crippen LogP contribution in [0, 0.1) is 0 Å². The second kappa shape index (κ2) is 8.17. The van der Waals surface area contributed by atoms with Gasteiger partial charge in [0.2, 0.25) is 11.8 Å². The number of halogens is 2. The third-order valence-corrected chi connectivity index (χ3v) is 3.96. The van der Waals surface area contributed by atoms with Crippen LogP contribution in [0.5, 0.6) is 17.2 Å². The van der Waals surface area contributed by atoms with Crippen LogP contribution in [0.1, 0.15) is 12.5 Å². The number of fused-ring (bicyclic) bond motifs is 1. The minimum absolute atomic E-state index is 0.127. The zero-order valence-electron chi connectivity index (χ0n) is 15.6. The monoisotopic (exact) mass is 404 g/mol. The average molecular weight is 404 g/mol. The van der Waals surface area contributed by atoms with Gasteiger partial charge in [-0.2, -0.15) is 0 Å². The number of ether oxygens (including phenoxy) is 3. The molecule has 1 atom stereocenters. The Morgan fingerprint density at radius 2 is 1.79 bits per heavy atom. The van der Waals surface area contributed by atoms with Gasteiger partial charge in [0, 0.05) is 17.8 Å². The number of hydrogen-bond acceptors (Lipinski definition) is 5. The van der Waals surface area contributed by atoms with Crippen LogP contribution in [0.15, 0.2) is 48.5 Å². The van der Waals surface area contributed by atoms with Gasteiger partial charge in [0.1, 0.15) is 11.8 Å². The molecule has 2 aromatic carbocycles. The fourth-order valence-corrected chi connectivity index (χ4v) is 2.49. The summed E-state index contributed by atoms with van der Waals surface area (Å²) in [6, 6.07) is 10.1. The summed E-state index contributed by atoms with van der Waals surface area (Å²) in [6.07, 6.45) is -0.839. The summed E-state index contributed by atoms with van der Waals surface area (Å²) in [6.45, 7) is 1.50. The number of amides is 2. The van der Waals surface area contributed by atoms with Crippen LogP contribution >= 0.6 is 0 Å². The molecule has 2 N–H and O–H groups in total. The Balaban J connectivity index is 1.54. The van der Waals surface area contributed by atoms with E-state index in [2.05, 4.69) is 20.1 Å². The fourth-order valence-electron chi connectivity index (χ4n) is 2.49. The summed E-state index contributed by atoms with van der Waals surface area (Å²) >= 11 is 0. The highest BCUT2D eigenvalue weighted by Crippen LogP contribution is 2.42. The Morgan fingerprint density at radius 3 is 2.48 bits per heavy atom. The number of hydrogen-bond donors (Lipinski definition) is 2. The van der Waals surface area contributed by atoms with E-state index in [1.54, 1.807) is 37.5 Å². The molecular formula is C20H18F2N2O5. The molecule has 0 aliphatic carbocycles.